The zero-order chi connectivity index (χ0) is 24.0. The maximum absolute atomic E-state index is 13.4. The third-order valence-corrected chi connectivity index (χ3v) is 7.78. The summed E-state index contributed by atoms with van der Waals surface area (Å²) >= 11 is 0. The summed E-state index contributed by atoms with van der Waals surface area (Å²) in [5.41, 5.74) is 9.28. The van der Waals surface area contributed by atoms with Crippen LogP contribution >= 0.6 is 0 Å². The Hall–Kier alpha value is -4.82. The number of carbonyl (C=O) groups is 2. The molecule has 6 aromatic carbocycles. The van der Waals surface area contributed by atoms with Gasteiger partial charge in [0.1, 0.15) is 0 Å². The standard InChI is InChI=1S/C34H18O2/c35-33-27-9-3-1-7-19(27)25-17-15-21(23-11-5-13-29(33)31(23)25)22-16-18-26-20-8-2-4-10-28(20)34(36)30-14-6-12-24(22)32(26)30/h1-18H. The van der Waals surface area contributed by atoms with E-state index in [1.54, 1.807) is 0 Å². The number of ketones is 2. The van der Waals surface area contributed by atoms with Crippen molar-refractivity contribution in [3.63, 3.8) is 0 Å². The molecule has 0 saturated carbocycles. The average molecular weight is 459 g/mol. The van der Waals surface area contributed by atoms with Crippen molar-refractivity contribution in [3.05, 3.63) is 131 Å². The number of fused-ring (bicyclic) bond motifs is 4. The second-order valence-corrected chi connectivity index (χ2v) is 9.53. The van der Waals surface area contributed by atoms with Crippen molar-refractivity contribution >= 4 is 33.1 Å². The summed E-state index contributed by atoms with van der Waals surface area (Å²) in [5.74, 6) is 0.139. The molecule has 0 radical (unpaired) electrons. The highest BCUT2D eigenvalue weighted by Gasteiger charge is 2.28. The van der Waals surface area contributed by atoms with Crippen molar-refractivity contribution < 1.29 is 9.59 Å². The van der Waals surface area contributed by atoms with Gasteiger partial charge in [-0.2, -0.15) is 0 Å². The summed E-state index contributed by atoms with van der Waals surface area (Å²) in [5, 5.41) is 4.10. The molecule has 2 nitrogen and oxygen atoms in total. The molecule has 0 amide bonds. The van der Waals surface area contributed by atoms with Crippen LogP contribution in [0, 0.1) is 0 Å². The molecular weight excluding hydrogens is 440 g/mol. The van der Waals surface area contributed by atoms with Crippen molar-refractivity contribution in [2.75, 3.05) is 0 Å². The number of hydrogen-bond acceptors (Lipinski definition) is 2. The summed E-state index contributed by atoms with van der Waals surface area (Å²) in [4.78, 5) is 26.8. The Morgan fingerprint density at radius 1 is 0.278 bits per heavy atom. The minimum atomic E-state index is 0.0694. The van der Waals surface area contributed by atoms with E-state index < -0.39 is 0 Å². The molecule has 0 bridgehead atoms. The molecule has 6 aromatic rings. The van der Waals surface area contributed by atoms with Gasteiger partial charge in [-0.1, -0.05) is 109 Å². The summed E-state index contributed by atoms with van der Waals surface area (Å²) < 4.78 is 0. The van der Waals surface area contributed by atoms with E-state index in [0.717, 1.165) is 77.2 Å². The third-order valence-electron chi connectivity index (χ3n) is 7.78. The zero-order valence-corrected chi connectivity index (χ0v) is 19.2. The number of benzene rings is 6. The fourth-order valence-electron chi connectivity index (χ4n) is 6.23. The van der Waals surface area contributed by atoms with Crippen molar-refractivity contribution in [3.8, 4) is 33.4 Å². The molecule has 166 valence electrons. The first-order valence-electron chi connectivity index (χ1n) is 12.1. The van der Waals surface area contributed by atoms with Gasteiger partial charge in [0, 0.05) is 33.0 Å². The molecule has 0 atom stereocenters. The molecule has 0 aromatic heterocycles. The predicted octanol–water partition coefficient (Wildman–Crippen LogP) is 8.08. The van der Waals surface area contributed by atoms with Crippen molar-refractivity contribution in [2.45, 2.75) is 0 Å². The predicted molar refractivity (Wildman–Crippen MR) is 145 cm³/mol. The van der Waals surface area contributed by atoms with E-state index in [1.165, 1.54) is 0 Å². The minimum Gasteiger partial charge on any atom is -0.289 e. The van der Waals surface area contributed by atoms with Crippen molar-refractivity contribution in [2.24, 2.45) is 0 Å². The van der Waals surface area contributed by atoms with Crippen molar-refractivity contribution in [1.82, 2.24) is 0 Å². The van der Waals surface area contributed by atoms with Crippen LogP contribution in [0.1, 0.15) is 31.8 Å². The Morgan fingerprint density at radius 3 is 1.08 bits per heavy atom. The number of rotatable bonds is 1. The van der Waals surface area contributed by atoms with Gasteiger partial charge in [-0.05, 0) is 44.2 Å². The second-order valence-electron chi connectivity index (χ2n) is 9.53. The van der Waals surface area contributed by atoms with Gasteiger partial charge < -0.3 is 0 Å². The molecule has 36 heavy (non-hydrogen) atoms. The Labute approximate surface area is 207 Å². The fraction of sp³-hybridized carbons (Fsp3) is 0. The summed E-state index contributed by atoms with van der Waals surface area (Å²) in [7, 11) is 0. The largest absolute Gasteiger partial charge is 0.289 e. The first-order valence-corrected chi connectivity index (χ1v) is 12.1. The zero-order valence-electron chi connectivity index (χ0n) is 19.2. The molecule has 2 aliphatic rings. The molecule has 0 fully saturated rings. The minimum absolute atomic E-state index is 0.0694. The van der Waals surface area contributed by atoms with Gasteiger partial charge in [0.2, 0.25) is 0 Å². The Morgan fingerprint density at radius 2 is 0.639 bits per heavy atom. The molecule has 8 rings (SSSR count). The maximum Gasteiger partial charge on any atom is 0.194 e. The van der Waals surface area contributed by atoms with Crippen LogP contribution in [-0.4, -0.2) is 11.6 Å². The monoisotopic (exact) mass is 458 g/mol. The molecule has 0 spiro atoms. The van der Waals surface area contributed by atoms with Crippen LogP contribution in [0.25, 0.3) is 54.9 Å². The van der Waals surface area contributed by atoms with Crippen LogP contribution < -0.4 is 0 Å². The Bertz CT molecular complexity index is 1830. The quantitative estimate of drug-likeness (QED) is 0.249. The lowest BCUT2D eigenvalue weighted by Crippen LogP contribution is -2.10. The van der Waals surface area contributed by atoms with Crippen LogP contribution in [0.3, 0.4) is 0 Å². The van der Waals surface area contributed by atoms with Crippen LogP contribution in [-0.2, 0) is 0 Å². The lowest BCUT2D eigenvalue weighted by atomic mass is 9.78. The number of carbonyl (C=O) groups excluding carboxylic acids is 2. The molecule has 2 aliphatic carbocycles. The second kappa shape index (κ2) is 6.87. The lowest BCUT2D eigenvalue weighted by Gasteiger charge is -2.23. The van der Waals surface area contributed by atoms with E-state index in [9.17, 15) is 9.59 Å². The molecule has 0 aliphatic heterocycles. The van der Waals surface area contributed by atoms with Crippen LogP contribution in [0.5, 0.6) is 0 Å². The molecule has 0 unspecified atom stereocenters. The topological polar surface area (TPSA) is 34.1 Å². The van der Waals surface area contributed by atoms with Crippen LogP contribution in [0.15, 0.2) is 109 Å². The van der Waals surface area contributed by atoms with Gasteiger partial charge in [-0.25, -0.2) is 0 Å². The normalized spacial score (nSPS) is 13.1. The van der Waals surface area contributed by atoms with E-state index in [2.05, 4.69) is 36.4 Å². The molecule has 0 N–H and O–H groups in total. The fourth-order valence-corrected chi connectivity index (χ4v) is 6.23. The molecule has 2 heteroatoms. The van der Waals surface area contributed by atoms with Gasteiger partial charge in [0.15, 0.2) is 11.6 Å². The first-order chi connectivity index (χ1) is 17.7. The third kappa shape index (κ3) is 2.36. The molecule has 0 saturated heterocycles. The van der Waals surface area contributed by atoms with Gasteiger partial charge in [0.05, 0.1) is 0 Å². The summed E-state index contributed by atoms with van der Waals surface area (Å²) in [6.45, 7) is 0. The highest BCUT2D eigenvalue weighted by atomic mass is 16.1. The van der Waals surface area contributed by atoms with Crippen molar-refractivity contribution in [1.29, 1.82) is 0 Å². The van der Waals surface area contributed by atoms with Gasteiger partial charge in [-0.3, -0.25) is 9.59 Å². The Balaban J connectivity index is 1.47. The SMILES string of the molecule is O=C1c2ccccc2-c2ccc(-c3ccc4c5c(cccc35)C(=O)c3ccccc3-4)c3cccc1c23. The van der Waals surface area contributed by atoms with Gasteiger partial charge >= 0.3 is 0 Å². The average Bonchev–Trinajstić information content (AvgIpc) is 2.94. The first kappa shape index (κ1) is 19.5. The molecule has 0 heterocycles. The highest BCUT2D eigenvalue weighted by molar-refractivity contribution is 6.30. The summed E-state index contributed by atoms with van der Waals surface area (Å²) in [6.07, 6.45) is 0. The highest BCUT2D eigenvalue weighted by Crippen LogP contribution is 2.46. The van der Waals surface area contributed by atoms with E-state index in [-0.39, 0.29) is 11.6 Å². The van der Waals surface area contributed by atoms with E-state index in [0.29, 0.717) is 0 Å². The van der Waals surface area contributed by atoms with E-state index in [1.807, 2.05) is 72.8 Å². The van der Waals surface area contributed by atoms with Crippen LogP contribution in [0.4, 0.5) is 0 Å². The van der Waals surface area contributed by atoms with Crippen LogP contribution in [0.2, 0.25) is 0 Å². The van der Waals surface area contributed by atoms with Gasteiger partial charge in [-0.15, -0.1) is 0 Å². The van der Waals surface area contributed by atoms with E-state index in [4.69, 9.17) is 0 Å². The summed E-state index contributed by atoms with van der Waals surface area (Å²) in [6, 6.07) is 36.3. The van der Waals surface area contributed by atoms with E-state index >= 15 is 0 Å². The Kier molecular flexibility index (Phi) is 3.72. The van der Waals surface area contributed by atoms with Gasteiger partial charge in [0.25, 0.3) is 0 Å². The smallest absolute Gasteiger partial charge is 0.194 e. The maximum atomic E-state index is 13.4. The molecular formula is C34H18O2. The lowest BCUT2D eigenvalue weighted by molar-refractivity contribution is 0.103. The number of hydrogen-bond donors (Lipinski definition) is 0.